The standard InChI is InChI=1S/C24H25N7O.C23H23N7O.C21H16N6O2.C19H16N6O/c1-14(2)26-10-15-7-17(11-25-9-15)18-8-19-22(30-31-23(19)27-12-18)24-28-20-6-4-5-16(13-32-3)21(20)29-24;1-3-24-9-14-7-16(11-25-10-14)17-8-18-21(29-30-22(18)26-12-17)23-27-19-6-4-5-15(13-31-2)20(19)28-23;1-29-11-13-3-2-4-17-18(13)25-21(24-17)19-16-6-15(9-23-20(16)27-26-19)14-5-12(10-28)7-22-8-14;1-26-10-12-3-2-4-15-16(12)23-19(22-15)17-14-7-13(11-5-6-20-8-11)9-21-18(14)25-24-17/h4-9,11-12,14,26H,10,13H2,1-3H3,(H,28,29)(H,27,30,31);4-8,10-12,24H,3,9,13H2,1-2H3,(H,27,28)(H,26,29,30);2-10H,11H2,1H3,(H,24,25)(H,23,26,27);2-9,20H,10H2,1H3,(H,22,23)(H,21,24,25). The van der Waals surface area contributed by atoms with E-state index in [1.807, 2.05) is 141 Å². The van der Waals surface area contributed by atoms with E-state index < -0.39 is 0 Å². The third-order valence-corrected chi connectivity index (χ3v) is 19.9. The zero-order valence-electron chi connectivity index (χ0n) is 65.3. The van der Waals surface area contributed by atoms with Crippen LogP contribution in [0.1, 0.15) is 64.5 Å². The lowest BCUT2D eigenvalue weighted by Gasteiger charge is -2.09. The topological polar surface area (TPSA) is 414 Å². The minimum absolute atomic E-state index is 0.415. The van der Waals surface area contributed by atoms with E-state index >= 15 is 0 Å². The number of rotatable bonds is 23. The van der Waals surface area contributed by atoms with Crippen molar-refractivity contribution in [2.45, 2.75) is 66.3 Å². The van der Waals surface area contributed by atoms with Crippen LogP contribution in [0.4, 0.5) is 0 Å². The maximum atomic E-state index is 11.1. The molecule has 0 aliphatic carbocycles. The molecule has 0 unspecified atom stereocenters. The lowest BCUT2D eigenvalue weighted by molar-refractivity contribution is 0.112. The van der Waals surface area contributed by atoms with Crippen molar-refractivity contribution in [1.82, 2.24) is 131 Å². The number of nitrogens with zero attached hydrogens (tertiary/aromatic N) is 15. The highest BCUT2D eigenvalue weighted by Crippen LogP contribution is 2.36. The lowest BCUT2D eigenvalue weighted by atomic mass is 10.1. The lowest BCUT2D eigenvalue weighted by Crippen LogP contribution is -2.21. The Morgan fingerprint density at radius 3 is 1.06 bits per heavy atom. The fourth-order valence-electron chi connectivity index (χ4n) is 14.1. The minimum Gasteiger partial charge on any atom is -0.380 e. The van der Waals surface area contributed by atoms with Crippen molar-refractivity contribution in [3.63, 3.8) is 0 Å². The van der Waals surface area contributed by atoms with E-state index in [0.29, 0.717) is 66.4 Å². The molecule has 0 fully saturated rings. The first-order valence-corrected chi connectivity index (χ1v) is 38.1. The Morgan fingerprint density at radius 2 is 0.729 bits per heavy atom. The molecule has 20 rings (SSSR count). The van der Waals surface area contributed by atoms with Crippen LogP contribution < -0.4 is 10.6 Å². The van der Waals surface area contributed by atoms with Gasteiger partial charge in [0.25, 0.3) is 0 Å². The zero-order valence-corrected chi connectivity index (χ0v) is 65.3. The third kappa shape index (κ3) is 15.9. The number of para-hydroxylation sites is 4. The van der Waals surface area contributed by atoms with E-state index in [2.05, 4.69) is 162 Å². The fraction of sp³-hybridized carbons (Fsp3) is 0.172. The number of hydrogen-bond acceptors (Lipinski definition) is 22. The molecule has 588 valence electrons. The number of H-pyrrole nitrogens is 9. The van der Waals surface area contributed by atoms with Gasteiger partial charge in [-0.2, -0.15) is 20.4 Å². The van der Waals surface area contributed by atoms with Crippen LogP contribution in [0.15, 0.2) is 196 Å². The van der Waals surface area contributed by atoms with E-state index in [1.54, 1.807) is 46.9 Å². The van der Waals surface area contributed by atoms with Gasteiger partial charge in [0.1, 0.15) is 22.8 Å². The Kier molecular flexibility index (Phi) is 22.1. The SMILES string of the molecule is CCNCc1cncc(-c2cnc3n[nH]c(-c4nc5c(COC)cccc5[nH]4)c3c2)c1.COCc1cccc2[nH]c(-c3[nH]nc4ncc(-c5cc[nH]c5)cc34)nc12.COCc1cccc2[nH]c(-c3[nH]nc4ncc(-c5cncc(C=O)c5)cc34)nc12.COCc1cccc2[nH]c(-c3[nH]nc4ncc(-c5cncc(CNC(C)C)c5)cc34)nc12. The first-order chi connectivity index (χ1) is 58.0. The van der Waals surface area contributed by atoms with Gasteiger partial charge in [0.05, 0.1) is 92.1 Å². The van der Waals surface area contributed by atoms with Gasteiger partial charge in [0.15, 0.2) is 52.2 Å². The highest BCUT2D eigenvalue weighted by molar-refractivity contribution is 5.98. The third-order valence-electron chi connectivity index (χ3n) is 19.9. The summed E-state index contributed by atoms with van der Waals surface area (Å²) in [5.74, 6) is 2.85. The van der Waals surface area contributed by atoms with Gasteiger partial charge in [-0.25, -0.2) is 39.9 Å². The summed E-state index contributed by atoms with van der Waals surface area (Å²) in [6.07, 6.45) is 22.5. The largest absolute Gasteiger partial charge is 0.380 e. The maximum absolute atomic E-state index is 11.1. The summed E-state index contributed by atoms with van der Waals surface area (Å²) in [7, 11) is 6.72. The molecule has 0 radical (unpaired) electrons. The minimum atomic E-state index is 0.415. The van der Waals surface area contributed by atoms with Crippen LogP contribution in [0.5, 0.6) is 0 Å². The summed E-state index contributed by atoms with van der Waals surface area (Å²) in [6.45, 7) is 10.8. The van der Waals surface area contributed by atoms with E-state index in [-0.39, 0.29) is 0 Å². The summed E-state index contributed by atoms with van der Waals surface area (Å²) in [5, 5.41) is 40.0. The predicted octanol–water partition coefficient (Wildman–Crippen LogP) is 15.2. The molecule has 0 aliphatic rings. The van der Waals surface area contributed by atoms with Crippen LogP contribution in [0.3, 0.4) is 0 Å². The summed E-state index contributed by atoms with van der Waals surface area (Å²) >= 11 is 0. The zero-order chi connectivity index (χ0) is 80.6. The normalized spacial score (nSPS) is 11.6. The van der Waals surface area contributed by atoms with Crippen molar-refractivity contribution >= 4 is 94.6 Å². The highest BCUT2D eigenvalue weighted by Gasteiger charge is 2.22. The van der Waals surface area contributed by atoms with Crippen LogP contribution in [-0.2, 0) is 58.5 Å². The van der Waals surface area contributed by atoms with Crippen molar-refractivity contribution in [2.75, 3.05) is 35.0 Å². The molecule has 31 nitrogen and oxygen atoms in total. The number of nitrogens with one attached hydrogen (secondary N) is 11. The number of ether oxygens (including phenoxy) is 4. The molecule has 0 spiro atoms. The molecule has 0 aliphatic heterocycles. The van der Waals surface area contributed by atoms with Gasteiger partial charge in [0.2, 0.25) is 0 Å². The number of aromatic nitrogens is 24. The first kappa shape index (κ1) is 76.1. The number of methoxy groups -OCH3 is 4. The highest BCUT2D eigenvalue weighted by atomic mass is 16.5. The van der Waals surface area contributed by atoms with Crippen LogP contribution in [0, 0.1) is 0 Å². The average Bonchev–Trinajstić information content (AvgIpc) is 1.61. The molecule has 0 saturated carbocycles. The number of fused-ring (bicyclic) bond motifs is 8. The van der Waals surface area contributed by atoms with Gasteiger partial charge >= 0.3 is 0 Å². The number of imidazole rings is 4. The fourth-order valence-corrected chi connectivity index (χ4v) is 14.1. The number of pyridine rings is 7. The molecule has 0 amide bonds. The number of carbonyl (C=O) groups is 1. The molecule has 0 bridgehead atoms. The van der Waals surface area contributed by atoms with Crippen LogP contribution in [-0.4, -0.2) is 168 Å². The van der Waals surface area contributed by atoms with Crippen molar-refractivity contribution in [3.8, 4) is 90.6 Å². The van der Waals surface area contributed by atoms with E-state index in [9.17, 15) is 4.79 Å². The second kappa shape index (κ2) is 34.2. The molecule has 16 heterocycles. The van der Waals surface area contributed by atoms with Crippen molar-refractivity contribution < 1.29 is 23.7 Å². The van der Waals surface area contributed by atoms with E-state index in [0.717, 1.165) is 210 Å². The summed E-state index contributed by atoms with van der Waals surface area (Å²) < 4.78 is 21.2. The van der Waals surface area contributed by atoms with Crippen LogP contribution in [0.25, 0.3) is 179 Å². The van der Waals surface area contributed by atoms with Gasteiger partial charge in [0, 0.05) is 194 Å². The smallest absolute Gasteiger partial charge is 0.181 e. The number of aromatic amines is 9. The van der Waals surface area contributed by atoms with Crippen molar-refractivity contribution in [3.05, 3.63) is 235 Å². The molecule has 0 atom stereocenters. The van der Waals surface area contributed by atoms with Gasteiger partial charge in [-0.15, -0.1) is 0 Å². The summed E-state index contributed by atoms with van der Waals surface area (Å²) in [4.78, 5) is 77.8. The Bertz CT molecular complexity index is 6950. The number of hydrogen-bond donors (Lipinski definition) is 11. The molecule has 11 N–H and O–H groups in total. The van der Waals surface area contributed by atoms with E-state index in [1.165, 1.54) is 6.20 Å². The first-order valence-electron chi connectivity index (χ1n) is 38.1. The molecule has 31 heteroatoms. The Hall–Kier alpha value is -14.6. The van der Waals surface area contributed by atoms with E-state index in [4.69, 9.17) is 38.9 Å². The van der Waals surface area contributed by atoms with Crippen LogP contribution in [0.2, 0.25) is 0 Å². The van der Waals surface area contributed by atoms with Crippen molar-refractivity contribution in [1.29, 1.82) is 0 Å². The molecule has 16 aromatic heterocycles. The average molecular weight is 1570 g/mol. The van der Waals surface area contributed by atoms with Gasteiger partial charge in [-0.05, 0) is 90.5 Å². The molecular weight excluding hydrogens is 1490 g/mol. The number of carbonyl (C=O) groups excluding carboxylic acids is 1. The number of aldehydes is 1. The van der Waals surface area contributed by atoms with Gasteiger partial charge in [-0.1, -0.05) is 69.3 Å². The molecule has 0 saturated heterocycles. The molecule has 20 aromatic rings. The second-order valence-corrected chi connectivity index (χ2v) is 28.3. The summed E-state index contributed by atoms with van der Waals surface area (Å²) in [6, 6.07) is 40.7. The van der Waals surface area contributed by atoms with Crippen molar-refractivity contribution in [2.24, 2.45) is 0 Å². The maximum Gasteiger partial charge on any atom is 0.181 e. The molecular formula is C87H80N26O5. The quantitative estimate of drug-likeness (QED) is 0.0265. The molecule has 4 aromatic carbocycles. The predicted molar refractivity (Wildman–Crippen MR) is 453 cm³/mol. The Morgan fingerprint density at radius 1 is 0.390 bits per heavy atom. The van der Waals surface area contributed by atoms with Gasteiger partial charge in [-0.3, -0.25) is 40.1 Å². The number of benzene rings is 4. The van der Waals surface area contributed by atoms with Gasteiger partial charge < -0.3 is 54.5 Å². The summed E-state index contributed by atoms with van der Waals surface area (Å²) in [5.41, 5.74) is 27.7. The molecule has 118 heavy (non-hydrogen) atoms. The monoisotopic (exact) mass is 1570 g/mol. The Balaban J connectivity index is 0.000000113. The van der Waals surface area contributed by atoms with Crippen LogP contribution >= 0.6 is 0 Å². The Labute approximate surface area is 672 Å². The second-order valence-electron chi connectivity index (χ2n) is 28.3.